The van der Waals surface area contributed by atoms with Crippen LogP contribution in [0.15, 0.2) is 78.9 Å². The van der Waals surface area contributed by atoms with Gasteiger partial charge in [0.1, 0.15) is 5.54 Å². The number of nitrogens with zero attached hydrogens (tertiary/aromatic N) is 2. The van der Waals surface area contributed by atoms with Crippen molar-refractivity contribution in [3.8, 4) is 6.07 Å². The van der Waals surface area contributed by atoms with E-state index >= 15 is 0 Å². The Hall–Kier alpha value is -4.77. The number of hydrogen-bond donors (Lipinski definition) is 2. The van der Waals surface area contributed by atoms with Crippen LogP contribution in [-0.2, 0) is 15.1 Å². The van der Waals surface area contributed by atoms with Crippen LogP contribution in [0.2, 0.25) is 0 Å². The molecule has 35 heavy (non-hydrogen) atoms. The summed E-state index contributed by atoms with van der Waals surface area (Å²) in [5.41, 5.74) is 0.872. The van der Waals surface area contributed by atoms with Crippen molar-refractivity contribution in [2.45, 2.75) is 18.9 Å². The molecule has 1 heterocycles. The summed E-state index contributed by atoms with van der Waals surface area (Å²) in [6.45, 7) is 1.46. The van der Waals surface area contributed by atoms with Crippen LogP contribution in [0.4, 0.5) is 10.5 Å². The molecule has 8 nitrogen and oxygen atoms in total. The van der Waals surface area contributed by atoms with Gasteiger partial charge in [0.05, 0.1) is 17.3 Å². The lowest BCUT2D eigenvalue weighted by Crippen LogP contribution is -2.41. The predicted octanol–water partition coefficient (Wildman–Crippen LogP) is 3.59. The summed E-state index contributed by atoms with van der Waals surface area (Å²) in [7, 11) is 0. The smallest absolute Gasteiger partial charge is 0.325 e. The second-order valence-corrected chi connectivity index (χ2v) is 8.24. The molecule has 8 heteroatoms. The van der Waals surface area contributed by atoms with E-state index < -0.39 is 23.4 Å². The zero-order valence-electron chi connectivity index (χ0n) is 18.9. The van der Waals surface area contributed by atoms with Gasteiger partial charge in [-0.25, -0.2) is 4.79 Å². The highest BCUT2D eigenvalue weighted by Crippen LogP contribution is 2.29. The standard InChI is InChI=1S/C27H22N4O4/c1-27(20-13-11-18(17-28)12-14-20)25(34)31(26(35)30-27)16-15-23(32)29-22-10-6-5-9-21(22)24(33)19-7-3-2-4-8-19/h2-14H,15-16H2,1H3,(H,29,32)(H,30,35). The van der Waals surface area contributed by atoms with Crippen molar-refractivity contribution < 1.29 is 19.2 Å². The minimum Gasteiger partial charge on any atom is -0.325 e. The first-order chi connectivity index (χ1) is 16.8. The molecular formula is C27H22N4O4. The van der Waals surface area contributed by atoms with Crippen molar-refractivity contribution >= 4 is 29.3 Å². The van der Waals surface area contributed by atoms with Gasteiger partial charge >= 0.3 is 6.03 Å². The number of nitriles is 1. The molecule has 2 N–H and O–H groups in total. The quantitative estimate of drug-likeness (QED) is 0.407. The summed E-state index contributed by atoms with van der Waals surface area (Å²) in [5.74, 6) is -1.15. The van der Waals surface area contributed by atoms with Gasteiger partial charge in [-0.05, 0) is 36.8 Å². The largest absolute Gasteiger partial charge is 0.325 e. The van der Waals surface area contributed by atoms with Gasteiger partial charge in [-0.1, -0.05) is 54.6 Å². The molecule has 1 fully saturated rings. The molecule has 0 bridgehead atoms. The Labute approximate surface area is 202 Å². The van der Waals surface area contributed by atoms with Crippen LogP contribution in [0.1, 0.15) is 40.4 Å². The van der Waals surface area contributed by atoms with E-state index in [4.69, 9.17) is 5.26 Å². The third-order valence-electron chi connectivity index (χ3n) is 5.91. The summed E-state index contributed by atoms with van der Waals surface area (Å²) in [6, 6.07) is 23.2. The van der Waals surface area contributed by atoms with Gasteiger partial charge in [-0.15, -0.1) is 0 Å². The Morgan fingerprint density at radius 3 is 2.31 bits per heavy atom. The monoisotopic (exact) mass is 466 g/mol. The molecule has 0 saturated carbocycles. The van der Waals surface area contributed by atoms with Crippen molar-refractivity contribution in [2.24, 2.45) is 0 Å². The summed E-state index contributed by atoms with van der Waals surface area (Å²) < 4.78 is 0. The average molecular weight is 466 g/mol. The number of amides is 4. The number of rotatable bonds is 7. The molecule has 0 aliphatic carbocycles. The average Bonchev–Trinajstić information content (AvgIpc) is 3.11. The van der Waals surface area contributed by atoms with Gasteiger partial charge in [0, 0.05) is 24.1 Å². The van der Waals surface area contributed by atoms with Gasteiger partial charge in [-0.2, -0.15) is 5.26 Å². The van der Waals surface area contributed by atoms with E-state index in [1.54, 1.807) is 79.7 Å². The number of hydrogen-bond acceptors (Lipinski definition) is 5. The lowest BCUT2D eigenvalue weighted by Gasteiger charge is -2.22. The van der Waals surface area contributed by atoms with Crippen LogP contribution in [0.25, 0.3) is 0 Å². The summed E-state index contributed by atoms with van der Waals surface area (Å²) >= 11 is 0. The van der Waals surface area contributed by atoms with Gasteiger partial charge in [-0.3, -0.25) is 19.3 Å². The molecule has 3 aromatic rings. The van der Waals surface area contributed by atoms with Crippen LogP contribution in [0, 0.1) is 11.3 Å². The molecule has 4 amide bonds. The molecule has 1 aliphatic rings. The van der Waals surface area contributed by atoms with Crippen molar-refractivity contribution in [1.82, 2.24) is 10.2 Å². The second-order valence-electron chi connectivity index (χ2n) is 8.24. The van der Waals surface area contributed by atoms with E-state index in [-0.39, 0.29) is 18.7 Å². The Kier molecular flexibility index (Phi) is 6.42. The highest BCUT2D eigenvalue weighted by Gasteiger charge is 2.48. The SMILES string of the molecule is CC1(c2ccc(C#N)cc2)NC(=O)N(CCC(=O)Nc2ccccc2C(=O)c2ccccc2)C1=O. The van der Waals surface area contributed by atoms with Crippen molar-refractivity contribution in [2.75, 3.05) is 11.9 Å². The maximum absolute atomic E-state index is 13.1. The van der Waals surface area contributed by atoms with E-state index in [9.17, 15) is 19.2 Å². The van der Waals surface area contributed by atoms with Crippen molar-refractivity contribution in [3.05, 3.63) is 101 Å². The number of para-hydroxylation sites is 1. The fourth-order valence-corrected chi connectivity index (χ4v) is 3.93. The molecule has 3 aromatic carbocycles. The summed E-state index contributed by atoms with van der Waals surface area (Å²) in [5, 5.41) is 14.4. The Balaban J connectivity index is 1.43. The first-order valence-electron chi connectivity index (χ1n) is 11.0. The van der Waals surface area contributed by atoms with Crippen LogP contribution in [-0.4, -0.2) is 35.1 Å². The molecule has 1 saturated heterocycles. The molecule has 174 valence electrons. The number of benzene rings is 3. The van der Waals surface area contributed by atoms with Gasteiger partial charge in [0.15, 0.2) is 5.78 Å². The van der Waals surface area contributed by atoms with E-state index in [2.05, 4.69) is 10.6 Å². The third-order valence-corrected chi connectivity index (χ3v) is 5.91. The number of nitrogens with one attached hydrogen (secondary N) is 2. The normalized spacial score (nSPS) is 17.0. The Morgan fingerprint density at radius 1 is 0.971 bits per heavy atom. The lowest BCUT2D eigenvalue weighted by molar-refractivity contribution is -0.131. The highest BCUT2D eigenvalue weighted by molar-refractivity contribution is 6.14. The summed E-state index contributed by atoms with van der Waals surface area (Å²) in [4.78, 5) is 52.1. The van der Waals surface area contributed by atoms with E-state index in [1.807, 2.05) is 12.1 Å². The van der Waals surface area contributed by atoms with Crippen LogP contribution < -0.4 is 10.6 Å². The van der Waals surface area contributed by atoms with Gasteiger partial charge in [0.25, 0.3) is 5.91 Å². The molecular weight excluding hydrogens is 444 g/mol. The zero-order valence-corrected chi connectivity index (χ0v) is 18.9. The lowest BCUT2D eigenvalue weighted by atomic mass is 9.91. The fraction of sp³-hybridized carbons (Fsp3) is 0.148. The molecule has 1 aliphatic heterocycles. The number of carbonyl (C=O) groups is 4. The minimum absolute atomic E-state index is 0.128. The maximum Gasteiger partial charge on any atom is 0.325 e. The number of carbonyl (C=O) groups excluding carboxylic acids is 4. The molecule has 0 aromatic heterocycles. The highest BCUT2D eigenvalue weighted by atomic mass is 16.2. The molecule has 1 atom stereocenters. The second kappa shape index (κ2) is 9.61. The van der Waals surface area contributed by atoms with E-state index in [0.717, 1.165) is 4.90 Å². The summed E-state index contributed by atoms with van der Waals surface area (Å²) in [6.07, 6.45) is -0.142. The van der Waals surface area contributed by atoms with Gasteiger partial charge in [0.2, 0.25) is 5.91 Å². The van der Waals surface area contributed by atoms with Crippen LogP contribution in [0.3, 0.4) is 0 Å². The Morgan fingerprint density at radius 2 is 1.63 bits per heavy atom. The third kappa shape index (κ3) is 4.66. The van der Waals surface area contributed by atoms with Crippen molar-refractivity contribution in [3.63, 3.8) is 0 Å². The number of urea groups is 1. The first kappa shape index (κ1) is 23.4. The number of ketones is 1. The van der Waals surface area contributed by atoms with E-state index in [0.29, 0.717) is 27.9 Å². The Bertz CT molecular complexity index is 1350. The first-order valence-corrected chi connectivity index (χ1v) is 11.0. The van der Waals surface area contributed by atoms with Crippen LogP contribution >= 0.6 is 0 Å². The number of imide groups is 1. The zero-order chi connectivity index (χ0) is 25.0. The van der Waals surface area contributed by atoms with Gasteiger partial charge < -0.3 is 10.6 Å². The molecule has 1 unspecified atom stereocenters. The van der Waals surface area contributed by atoms with Crippen molar-refractivity contribution in [1.29, 1.82) is 5.26 Å². The molecule has 0 radical (unpaired) electrons. The number of anilines is 1. The maximum atomic E-state index is 13.1. The van der Waals surface area contributed by atoms with Crippen LogP contribution in [0.5, 0.6) is 0 Å². The van der Waals surface area contributed by atoms with E-state index in [1.165, 1.54) is 0 Å². The molecule has 4 rings (SSSR count). The molecule has 0 spiro atoms. The fourth-order valence-electron chi connectivity index (χ4n) is 3.93. The predicted molar refractivity (Wildman–Crippen MR) is 128 cm³/mol. The minimum atomic E-state index is -1.30. The topological polar surface area (TPSA) is 119 Å².